The molecule has 2 N–H and O–H groups in total. The summed E-state index contributed by atoms with van der Waals surface area (Å²) in [7, 11) is -8.10. The van der Waals surface area contributed by atoms with Crippen LogP contribution >= 0.6 is 0 Å². The van der Waals surface area contributed by atoms with Crippen LogP contribution in [0.2, 0.25) is 0 Å². The molecular formula is C4H8N2O8S2. The first-order valence-corrected chi connectivity index (χ1v) is 6.08. The highest BCUT2D eigenvalue weighted by atomic mass is 32.3. The first-order valence-electron chi connectivity index (χ1n) is 3.35. The zero-order chi connectivity index (χ0) is 12.8. The van der Waals surface area contributed by atoms with Crippen molar-refractivity contribution in [1.82, 2.24) is 9.55 Å². The molecule has 1 rings (SSSR count). The first kappa shape index (κ1) is 14.9. The van der Waals surface area contributed by atoms with Crippen molar-refractivity contribution in [3.05, 3.63) is 18.7 Å². The second-order valence-corrected chi connectivity index (χ2v) is 4.20. The first-order chi connectivity index (χ1) is 7.10. The van der Waals surface area contributed by atoms with Crippen molar-refractivity contribution < 1.29 is 34.6 Å². The molecule has 0 atom stereocenters. The second-order valence-electron chi connectivity index (χ2n) is 2.22. The van der Waals surface area contributed by atoms with Gasteiger partial charge in [0.1, 0.15) is 0 Å². The third-order valence-corrected chi connectivity index (χ3v) is 1.40. The molecule has 0 spiro atoms. The van der Waals surface area contributed by atoms with Gasteiger partial charge in [-0.1, -0.05) is 8.67 Å². The Labute approximate surface area is 91.3 Å². The lowest BCUT2D eigenvalue weighted by Crippen LogP contribution is -2.10. The van der Waals surface area contributed by atoms with Crippen molar-refractivity contribution in [1.29, 1.82) is 0 Å². The summed E-state index contributed by atoms with van der Waals surface area (Å²) in [5, 5.41) is 0. The van der Waals surface area contributed by atoms with Gasteiger partial charge in [0.2, 0.25) is 0 Å². The molecule has 0 radical (unpaired) electrons. The summed E-state index contributed by atoms with van der Waals surface area (Å²) in [5.41, 5.74) is 0. The highest BCUT2D eigenvalue weighted by Gasteiger charge is 2.13. The van der Waals surface area contributed by atoms with E-state index in [4.69, 9.17) is 9.11 Å². The largest absolute Gasteiger partial charge is 0.425 e. The van der Waals surface area contributed by atoms with E-state index in [1.165, 1.54) is 0 Å². The van der Waals surface area contributed by atoms with Gasteiger partial charge in [-0.3, -0.25) is 9.11 Å². The molecule has 0 aliphatic carbocycles. The van der Waals surface area contributed by atoms with Crippen molar-refractivity contribution in [2.75, 3.05) is 0 Å². The molecule has 10 nitrogen and oxygen atoms in total. The van der Waals surface area contributed by atoms with Crippen LogP contribution in [0.3, 0.4) is 0 Å². The molecule has 0 saturated heterocycles. The van der Waals surface area contributed by atoms with E-state index in [-0.39, 0.29) is 0 Å². The van der Waals surface area contributed by atoms with Gasteiger partial charge in [-0.15, -0.1) is 0 Å². The van der Waals surface area contributed by atoms with E-state index in [0.717, 1.165) is 0 Å². The van der Waals surface area contributed by atoms with Crippen molar-refractivity contribution in [2.45, 2.75) is 0 Å². The molecule has 1 aromatic heterocycles. The number of hydrogen-bond acceptors (Lipinski definition) is 7. The summed E-state index contributed by atoms with van der Waals surface area (Å²) in [5.74, 6) is 0. The molecule has 12 heteroatoms. The van der Waals surface area contributed by atoms with Gasteiger partial charge in [-0.05, 0) is 0 Å². The van der Waals surface area contributed by atoms with Gasteiger partial charge < -0.3 is 4.57 Å². The van der Waals surface area contributed by atoms with E-state index in [2.05, 4.69) is 13.7 Å². The van der Waals surface area contributed by atoms with Crippen LogP contribution in [-0.4, -0.2) is 35.5 Å². The van der Waals surface area contributed by atoms with E-state index in [1.54, 1.807) is 12.5 Å². The standard InChI is InChI=1S/C4H6N2.H2O8S2/c1-6-3-2-5-4-6;1-9(2,3)7-8-10(4,5)6/h2-4H,1H3;(H,1,2,3)(H,4,5,6). The lowest BCUT2D eigenvalue weighted by molar-refractivity contribution is -0.105. The highest BCUT2D eigenvalue weighted by Crippen LogP contribution is 1.92. The lowest BCUT2D eigenvalue weighted by Gasteiger charge is -1.92. The monoisotopic (exact) mass is 276 g/mol. The Morgan fingerprint density at radius 3 is 1.69 bits per heavy atom. The van der Waals surface area contributed by atoms with E-state index in [9.17, 15) is 16.8 Å². The Morgan fingerprint density at radius 2 is 1.56 bits per heavy atom. The van der Waals surface area contributed by atoms with Crippen molar-refractivity contribution in [2.24, 2.45) is 7.05 Å². The Balaban J connectivity index is 0.000000315. The highest BCUT2D eigenvalue weighted by molar-refractivity contribution is 7.83. The normalized spacial score (nSPS) is 11.7. The average Bonchev–Trinajstić information content (AvgIpc) is 2.51. The maximum atomic E-state index is 9.51. The van der Waals surface area contributed by atoms with Gasteiger partial charge in [-0.2, -0.15) is 16.8 Å². The minimum Gasteiger partial charge on any atom is -0.341 e. The van der Waals surface area contributed by atoms with Crippen LogP contribution in [0.15, 0.2) is 18.7 Å². The Kier molecular flexibility index (Phi) is 5.49. The number of imidazole rings is 1. The minimum absolute atomic E-state index is 1.75. The fourth-order valence-electron chi connectivity index (χ4n) is 0.396. The Bertz CT molecular complexity index is 456. The summed E-state index contributed by atoms with van der Waals surface area (Å²) in [6, 6.07) is 0. The third-order valence-electron chi connectivity index (χ3n) is 0.836. The van der Waals surface area contributed by atoms with Crippen LogP contribution in [-0.2, 0) is 36.5 Å². The predicted molar refractivity (Wildman–Crippen MR) is 48.5 cm³/mol. The van der Waals surface area contributed by atoms with Crippen LogP contribution in [0.4, 0.5) is 0 Å². The zero-order valence-corrected chi connectivity index (χ0v) is 9.42. The molecule has 0 aliphatic rings. The summed E-state index contributed by atoms with van der Waals surface area (Å²) in [6.45, 7) is 0. The van der Waals surface area contributed by atoms with E-state index < -0.39 is 20.8 Å². The molecule has 1 aromatic rings. The SMILES string of the molecule is Cn1ccnc1.O=S(=O)(O)OOS(=O)(=O)O. The third kappa shape index (κ3) is 11.0. The lowest BCUT2D eigenvalue weighted by atomic mass is 10.9. The summed E-state index contributed by atoms with van der Waals surface area (Å²) >= 11 is 0. The number of aromatic nitrogens is 2. The van der Waals surface area contributed by atoms with Gasteiger partial charge >= 0.3 is 20.8 Å². The average molecular weight is 276 g/mol. The fourth-order valence-corrected chi connectivity index (χ4v) is 0.958. The van der Waals surface area contributed by atoms with Crippen molar-refractivity contribution in [3.63, 3.8) is 0 Å². The molecule has 16 heavy (non-hydrogen) atoms. The van der Waals surface area contributed by atoms with Crippen LogP contribution in [0, 0.1) is 0 Å². The quantitative estimate of drug-likeness (QED) is 0.401. The van der Waals surface area contributed by atoms with Gasteiger partial charge in [0.05, 0.1) is 6.33 Å². The van der Waals surface area contributed by atoms with Crippen LogP contribution in [0.5, 0.6) is 0 Å². The number of nitrogens with zero attached hydrogens (tertiary/aromatic N) is 2. The molecule has 0 aliphatic heterocycles. The van der Waals surface area contributed by atoms with E-state index >= 15 is 0 Å². The maximum Gasteiger partial charge on any atom is 0.425 e. The summed E-state index contributed by atoms with van der Waals surface area (Å²) < 4.78 is 60.8. The number of rotatable bonds is 3. The van der Waals surface area contributed by atoms with Gasteiger partial charge in [-0.25, -0.2) is 4.98 Å². The minimum atomic E-state index is -5.02. The van der Waals surface area contributed by atoms with Crippen LogP contribution in [0.25, 0.3) is 0 Å². The molecule has 0 bridgehead atoms. The topological polar surface area (TPSA) is 145 Å². The smallest absolute Gasteiger partial charge is 0.341 e. The van der Waals surface area contributed by atoms with Gasteiger partial charge in [0.15, 0.2) is 0 Å². The molecule has 0 aromatic carbocycles. The summed E-state index contributed by atoms with van der Waals surface area (Å²) in [6.07, 6.45) is 5.39. The van der Waals surface area contributed by atoms with Gasteiger partial charge in [0, 0.05) is 19.4 Å². The molecule has 0 saturated carbocycles. The fraction of sp³-hybridized carbons (Fsp3) is 0.250. The Morgan fingerprint density at radius 1 is 1.12 bits per heavy atom. The number of hydrogen-bond donors (Lipinski definition) is 2. The molecular weight excluding hydrogens is 268 g/mol. The van der Waals surface area contributed by atoms with E-state index in [1.807, 2.05) is 17.8 Å². The molecule has 1 heterocycles. The van der Waals surface area contributed by atoms with Crippen LogP contribution < -0.4 is 0 Å². The second kappa shape index (κ2) is 5.88. The molecule has 0 unspecified atom stereocenters. The zero-order valence-electron chi connectivity index (χ0n) is 7.79. The maximum absolute atomic E-state index is 9.51. The molecule has 94 valence electrons. The summed E-state index contributed by atoms with van der Waals surface area (Å²) in [4.78, 5) is 3.78. The Hall–Kier alpha value is -1.05. The molecule has 0 amide bonds. The van der Waals surface area contributed by atoms with Gasteiger partial charge in [0.25, 0.3) is 0 Å². The van der Waals surface area contributed by atoms with Crippen LogP contribution in [0.1, 0.15) is 0 Å². The number of aryl methyl sites for hydroxylation is 1. The predicted octanol–water partition coefficient (Wildman–Crippen LogP) is -1.04. The van der Waals surface area contributed by atoms with Crippen molar-refractivity contribution >= 4 is 20.8 Å². The molecule has 0 fully saturated rings. The van der Waals surface area contributed by atoms with E-state index in [0.29, 0.717) is 0 Å². The van der Waals surface area contributed by atoms with Crippen molar-refractivity contribution in [3.8, 4) is 0 Å².